The van der Waals surface area contributed by atoms with Gasteiger partial charge in [0.2, 0.25) is 6.29 Å². The maximum atomic E-state index is 14.9. The number of esters is 1. The summed E-state index contributed by atoms with van der Waals surface area (Å²) < 4.78 is 29.5. The van der Waals surface area contributed by atoms with Gasteiger partial charge in [-0.05, 0) is 37.8 Å². The first kappa shape index (κ1) is 26.4. The van der Waals surface area contributed by atoms with Gasteiger partial charge in [0.1, 0.15) is 0 Å². The van der Waals surface area contributed by atoms with Crippen molar-refractivity contribution in [3.8, 4) is 11.1 Å². The summed E-state index contributed by atoms with van der Waals surface area (Å²) in [7, 11) is 0. The molecule has 0 radical (unpaired) electrons. The highest BCUT2D eigenvalue weighted by Gasteiger charge is 2.23. The van der Waals surface area contributed by atoms with Gasteiger partial charge in [-0.2, -0.15) is 0 Å². The molecule has 0 saturated carbocycles. The van der Waals surface area contributed by atoms with Crippen LogP contribution in [0.2, 0.25) is 0 Å². The van der Waals surface area contributed by atoms with Gasteiger partial charge in [0.25, 0.3) is 0 Å². The van der Waals surface area contributed by atoms with Gasteiger partial charge in [-0.15, -0.1) is 0 Å². The third-order valence-electron chi connectivity index (χ3n) is 5.22. The number of aromatic nitrogens is 1. The summed E-state index contributed by atoms with van der Waals surface area (Å²) in [6.45, 7) is 6.90. The first-order valence-electron chi connectivity index (χ1n) is 11.9. The number of unbranched alkanes of at least 4 members (excludes halogenated alkanes) is 6. The monoisotopic (exact) mass is 461 g/mol. The Hall–Kier alpha value is -2.83. The highest BCUT2D eigenvalue weighted by atomic mass is 19.1. The molecule has 1 aromatic carbocycles. The van der Waals surface area contributed by atoms with Crippen molar-refractivity contribution in [3.05, 3.63) is 47.5 Å². The number of hydrogen-bond donors (Lipinski definition) is 1. The van der Waals surface area contributed by atoms with Crippen LogP contribution in [0.25, 0.3) is 11.1 Å². The molecule has 182 valence electrons. The molecule has 1 N–H and O–H groups in total. The van der Waals surface area contributed by atoms with Crippen LogP contribution in [-0.2, 0) is 20.6 Å². The molecule has 33 heavy (non-hydrogen) atoms. The quantitative estimate of drug-likeness (QED) is 0.194. The van der Waals surface area contributed by atoms with Gasteiger partial charge in [-0.3, -0.25) is 0 Å². The van der Waals surface area contributed by atoms with Gasteiger partial charge < -0.3 is 19.2 Å². The van der Waals surface area contributed by atoms with Crippen LogP contribution < -0.4 is 0 Å². The molecule has 2 aromatic rings. The third-order valence-corrected chi connectivity index (χ3v) is 5.22. The Morgan fingerprint density at radius 1 is 0.909 bits per heavy atom. The normalized spacial score (nSPS) is 11.9. The fourth-order valence-corrected chi connectivity index (χ4v) is 3.49. The van der Waals surface area contributed by atoms with E-state index in [1.54, 1.807) is 13.8 Å². The minimum atomic E-state index is -1.22. The van der Waals surface area contributed by atoms with E-state index in [0.717, 1.165) is 12.8 Å². The molecule has 1 heterocycles. The van der Waals surface area contributed by atoms with Crippen LogP contribution in [0, 0.1) is 5.82 Å². The van der Waals surface area contributed by atoms with Gasteiger partial charge in [-0.25, -0.2) is 14.0 Å². The molecule has 0 aliphatic heterocycles. The Morgan fingerprint density at radius 2 is 1.55 bits per heavy atom. The number of aryl methyl sites for hydroxylation is 1. The van der Waals surface area contributed by atoms with Crippen LogP contribution in [0.3, 0.4) is 0 Å². The van der Waals surface area contributed by atoms with E-state index in [1.807, 2.05) is 24.3 Å². The number of carbonyl (C=O) groups excluding carboxylic acids is 2. The van der Waals surface area contributed by atoms with Crippen molar-refractivity contribution in [2.24, 2.45) is 0 Å². The fraction of sp³-hybridized carbons (Fsp3) is 0.538. The molecule has 0 amide bonds. The molecule has 0 saturated heterocycles. The van der Waals surface area contributed by atoms with E-state index in [4.69, 9.17) is 14.2 Å². The number of hydrogen-bond acceptors (Lipinski definition) is 5. The number of H-pyrrole nitrogens is 1. The van der Waals surface area contributed by atoms with E-state index in [0.29, 0.717) is 5.56 Å². The lowest BCUT2D eigenvalue weighted by atomic mass is 10.0. The van der Waals surface area contributed by atoms with Crippen molar-refractivity contribution in [1.29, 1.82) is 0 Å². The molecule has 0 spiro atoms. The van der Waals surface area contributed by atoms with Gasteiger partial charge in [0.05, 0.1) is 6.10 Å². The zero-order valence-electron chi connectivity index (χ0n) is 20.1. The Bertz CT molecular complexity index is 875. The number of aromatic amines is 1. The minimum Gasteiger partial charge on any atom is -0.431 e. The lowest BCUT2D eigenvalue weighted by Gasteiger charge is -2.14. The van der Waals surface area contributed by atoms with E-state index in [2.05, 4.69) is 11.9 Å². The fourth-order valence-electron chi connectivity index (χ4n) is 3.49. The molecular weight excluding hydrogens is 425 g/mol. The Kier molecular flexibility index (Phi) is 10.9. The molecular formula is C26H36FNO5. The van der Waals surface area contributed by atoms with Crippen molar-refractivity contribution < 1.29 is 28.2 Å². The van der Waals surface area contributed by atoms with Gasteiger partial charge in [0.15, 0.2) is 11.5 Å². The molecule has 1 aromatic heterocycles. The van der Waals surface area contributed by atoms with Crippen LogP contribution in [0.5, 0.6) is 0 Å². The van der Waals surface area contributed by atoms with E-state index in [9.17, 15) is 14.0 Å². The maximum Gasteiger partial charge on any atom is 0.511 e. The average molecular weight is 462 g/mol. The zero-order valence-corrected chi connectivity index (χ0v) is 20.1. The van der Waals surface area contributed by atoms with Gasteiger partial charge >= 0.3 is 12.1 Å². The van der Waals surface area contributed by atoms with E-state index in [-0.39, 0.29) is 17.4 Å². The van der Waals surface area contributed by atoms with Crippen LogP contribution in [0.4, 0.5) is 9.18 Å². The van der Waals surface area contributed by atoms with Crippen molar-refractivity contribution >= 4 is 12.1 Å². The highest BCUT2D eigenvalue weighted by Crippen LogP contribution is 2.26. The molecule has 0 fully saturated rings. The highest BCUT2D eigenvalue weighted by molar-refractivity contribution is 5.90. The van der Waals surface area contributed by atoms with Crippen molar-refractivity contribution in [2.75, 3.05) is 0 Å². The zero-order chi connectivity index (χ0) is 24.2. The summed E-state index contributed by atoms with van der Waals surface area (Å²) in [5.41, 5.74) is 1.82. The number of halogens is 1. The van der Waals surface area contributed by atoms with Crippen molar-refractivity contribution in [2.45, 2.75) is 91.5 Å². The first-order valence-corrected chi connectivity index (χ1v) is 11.9. The lowest BCUT2D eigenvalue weighted by molar-refractivity contribution is -0.0870. The number of benzene rings is 1. The Labute approximate surface area is 195 Å². The summed E-state index contributed by atoms with van der Waals surface area (Å²) in [5, 5.41) is 0. The topological polar surface area (TPSA) is 77.6 Å². The van der Waals surface area contributed by atoms with E-state index < -0.39 is 24.2 Å². The molecule has 0 bridgehead atoms. The summed E-state index contributed by atoms with van der Waals surface area (Å²) in [6.07, 6.45) is 8.71. The molecule has 7 heteroatoms. The smallest absolute Gasteiger partial charge is 0.431 e. The molecule has 0 aliphatic carbocycles. The van der Waals surface area contributed by atoms with Gasteiger partial charge in [0, 0.05) is 18.7 Å². The van der Waals surface area contributed by atoms with Crippen LogP contribution in [-0.4, -0.2) is 29.5 Å². The van der Waals surface area contributed by atoms with E-state index in [1.165, 1.54) is 57.2 Å². The predicted octanol–water partition coefficient (Wildman–Crippen LogP) is 7.18. The van der Waals surface area contributed by atoms with Crippen LogP contribution in [0.1, 0.15) is 88.7 Å². The number of nitrogens with one attached hydrogen (secondary N) is 1. The SMILES string of the molecule is CCCCCCCCCc1ccc(-c2c[nH]c(C(=O)OC(C)OC(=O)OC(C)C)c2F)cc1. The Morgan fingerprint density at radius 3 is 2.18 bits per heavy atom. The van der Waals surface area contributed by atoms with Crippen LogP contribution in [0.15, 0.2) is 30.5 Å². The second-order valence-corrected chi connectivity index (χ2v) is 8.47. The molecule has 1 atom stereocenters. The number of carbonyl (C=O) groups is 2. The van der Waals surface area contributed by atoms with Crippen molar-refractivity contribution in [3.63, 3.8) is 0 Å². The largest absolute Gasteiger partial charge is 0.511 e. The summed E-state index contributed by atoms with van der Waals surface area (Å²) in [6, 6.07) is 7.69. The van der Waals surface area contributed by atoms with Crippen molar-refractivity contribution in [1.82, 2.24) is 4.98 Å². The second kappa shape index (κ2) is 13.7. The summed E-state index contributed by atoms with van der Waals surface area (Å²) in [5.74, 6) is -1.67. The molecule has 6 nitrogen and oxygen atoms in total. The van der Waals surface area contributed by atoms with Gasteiger partial charge in [-0.1, -0.05) is 69.7 Å². The summed E-state index contributed by atoms with van der Waals surface area (Å²) in [4.78, 5) is 26.4. The average Bonchev–Trinajstić information content (AvgIpc) is 3.14. The van der Waals surface area contributed by atoms with Crippen LogP contribution >= 0.6 is 0 Å². The van der Waals surface area contributed by atoms with E-state index >= 15 is 0 Å². The molecule has 1 unspecified atom stereocenters. The first-order chi connectivity index (χ1) is 15.8. The molecule has 0 aliphatic rings. The predicted molar refractivity (Wildman–Crippen MR) is 125 cm³/mol. The lowest BCUT2D eigenvalue weighted by Crippen LogP contribution is -2.24. The maximum absolute atomic E-state index is 14.9. The standard InChI is InChI=1S/C26H36FNO5/c1-5-6-7-8-9-10-11-12-20-13-15-21(16-14-20)22-17-28-24(23(22)27)25(29)32-19(4)33-26(30)31-18(2)3/h13-19,28H,5-12H2,1-4H3. The number of ether oxygens (including phenoxy) is 3. The molecule has 2 rings (SSSR count). The minimum absolute atomic E-state index is 0.275. The second-order valence-electron chi connectivity index (χ2n) is 8.47. The third kappa shape index (κ3) is 8.91. The Balaban J connectivity index is 1.87. The summed E-state index contributed by atoms with van der Waals surface area (Å²) >= 11 is 0. The number of rotatable bonds is 13.